The fraction of sp³-hybridized carbons (Fsp3) is 0.111. The molecular formula is C9H9N7S. The van der Waals surface area contributed by atoms with Crippen LogP contribution in [0.25, 0.3) is 11.2 Å². The van der Waals surface area contributed by atoms with Gasteiger partial charge in [-0.25, -0.2) is 9.97 Å². The van der Waals surface area contributed by atoms with Gasteiger partial charge in [0.05, 0.1) is 12.9 Å². The number of thiazole rings is 1. The number of rotatable bonds is 3. The second kappa shape index (κ2) is 3.98. The van der Waals surface area contributed by atoms with Crippen LogP contribution in [0.4, 0.5) is 11.8 Å². The number of nitrogens with zero attached hydrogens (tertiary/aromatic N) is 4. The van der Waals surface area contributed by atoms with Crippen LogP contribution in [-0.2, 0) is 6.54 Å². The van der Waals surface area contributed by atoms with Crippen molar-refractivity contribution in [2.75, 3.05) is 11.1 Å². The SMILES string of the molecule is Nc1nc(NCc2nccs2)c2[nH]cnc2n1. The minimum absolute atomic E-state index is 0.200. The van der Waals surface area contributed by atoms with E-state index in [2.05, 4.69) is 30.2 Å². The number of nitrogens with one attached hydrogen (secondary N) is 2. The fourth-order valence-electron chi connectivity index (χ4n) is 1.48. The van der Waals surface area contributed by atoms with Crippen LogP contribution in [0.1, 0.15) is 5.01 Å². The molecule has 3 aromatic rings. The van der Waals surface area contributed by atoms with Gasteiger partial charge in [0.15, 0.2) is 11.5 Å². The maximum absolute atomic E-state index is 5.60. The molecule has 7 nitrogen and oxygen atoms in total. The van der Waals surface area contributed by atoms with Gasteiger partial charge in [-0.05, 0) is 0 Å². The molecule has 0 amide bonds. The first kappa shape index (κ1) is 9.97. The zero-order valence-corrected chi connectivity index (χ0v) is 9.53. The van der Waals surface area contributed by atoms with Gasteiger partial charge in [0, 0.05) is 11.6 Å². The Balaban J connectivity index is 1.91. The Kier molecular flexibility index (Phi) is 2.33. The monoisotopic (exact) mass is 247 g/mol. The summed E-state index contributed by atoms with van der Waals surface area (Å²) in [5.74, 6) is 0.839. The van der Waals surface area contributed by atoms with Crippen LogP contribution in [0, 0.1) is 0 Å². The molecule has 86 valence electrons. The van der Waals surface area contributed by atoms with Crippen molar-refractivity contribution in [2.24, 2.45) is 0 Å². The number of H-pyrrole nitrogens is 1. The lowest BCUT2D eigenvalue weighted by atomic mass is 10.5. The summed E-state index contributed by atoms with van der Waals surface area (Å²) in [7, 11) is 0. The second-order valence-electron chi connectivity index (χ2n) is 3.31. The fourth-order valence-corrected chi connectivity index (χ4v) is 2.03. The van der Waals surface area contributed by atoms with Crippen LogP contribution in [0.3, 0.4) is 0 Å². The van der Waals surface area contributed by atoms with E-state index in [1.165, 1.54) is 0 Å². The maximum atomic E-state index is 5.60. The van der Waals surface area contributed by atoms with Crippen molar-refractivity contribution in [2.45, 2.75) is 6.54 Å². The molecule has 0 atom stereocenters. The lowest BCUT2D eigenvalue weighted by Crippen LogP contribution is -2.05. The van der Waals surface area contributed by atoms with E-state index < -0.39 is 0 Å². The van der Waals surface area contributed by atoms with E-state index >= 15 is 0 Å². The Bertz CT molecular complexity index is 630. The molecule has 0 spiro atoms. The smallest absolute Gasteiger partial charge is 0.224 e. The standard InChI is InChI=1S/C9H9N7S/c10-9-15-7(6-8(16-9)14-4-13-6)12-3-5-11-1-2-17-5/h1-2,4H,3H2,(H4,10,12,13,14,15,16). The van der Waals surface area contributed by atoms with Crippen LogP contribution in [0.2, 0.25) is 0 Å². The van der Waals surface area contributed by atoms with E-state index in [1.54, 1.807) is 23.9 Å². The Morgan fingerprint density at radius 1 is 1.35 bits per heavy atom. The van der Waals surface area contributed by atoms with Crippen LogP contribution in [0.5, 0.6) is 0 Å². The number of imidazole rings is 1. The van der Waals surface area contributed by atoms with Crippen molar-refractivity contribution in [1.29, 1.82) is 0 Å². The number of hydrogen-bond acceptors (Lipinski definition) is 7. The van der Waals surface area contributed by atoms with E-state index in [1.807, 2.05) is 5.38 Å². The number of anilines is 2. The summed E-state index contributed by atoms with van der Waals surface area (Å²) in [4.78, 5) is 19.3. The second-order valence-corrected chi connectivity index (χ2v) is 4.29. The summed E-state index contributed by atoms with van der Waals surface area (Å²) in [6.45, 7) is 0.599. The molecule has 0 unspecified atom stereocenters. The molecule has 0 bridgehead atoms. The molecule has 0 aromatic carbocycles. The Morgan fingerprint density at radius 3 is 3.12 bits per heavy atom. The van der Waals surface area contributed by atoms with E-state index in [9.17, 15) is 0 Å². The first-order chi connectivity index (χ1) is 8.33. The van der Waals surface area contributed by atoms with Crippen LogP contribution in [-0.4, -0.2) is 24.9 Å². The molecule has 8 heteroatoms. The van der Waals surface area contributed by atoms with Gasteiger partial charge in [-0.15, -0.1) is 11.3 Å². The molecule has 0 aliphatic carbocycles. The van der Waals surface area contributed by atoms with Crippen molar-refractivity contribution >= 4 is 34.3 Å². The van der Waals surface area contributed by atoms with Crippen molar-refractivity contribution < 1.29 is 0 Å². The topological polar surface area (TPSA) is 105 Å². The normalized spacial score (nSPS) is 10.8. The molecule has 0 fully saturated rings. The Hall–Kier alpha value is -2.22. The molecule has 0 aliphatic heterocycles. The third-order valence-corrected chi connectivity index (χ3v) is 2.97. The van der Waals surface area contributed by atoms with Crippen molar-refractivity contribution in [3.63, 3.8) is 0 Å². The van der Waals surface area contributed by atoms with Crippen LogP contribution >= 0.6 is 11.3 Å². The Morgan fingerprint density at radius 2 is 2.29 bits per heavy atom. The summed E-state index contributed by atoms with van der Waals surface area (Å²) in [6.07, 6.45) is 3.33. The van der Waals surface area contributed by atoms with Crippen LogP contribution < -0.4 is 11.1 Å². The number of nitrogen functional groups attached to an aromatic ring is 1. The van der Waals surface area contributed by atoms with Gasteiger partial charge in [0.25, 0.3) is 0 Å². The highest BCUT2D eigenvalue weighted by Crippen LogP contribution is 2.18. The molecule has 0 radical (unpaired) electrons. The first-order valence-corrected chi connectivity index (χ1v) is 5.80. The van der Waals surface area contributed by atoms with E-state index in [-0.39, 0.29) is 5.95 Å². The summed E-state index contributed by atoms with van der Waals surface area (Å²) in [5.41, 5.74) is 6.90. The molecule has 17 heavy (non-hydrogen) atoms. The summed E-state index contributed by atoms with van der Waals surface area (Å²) in [6, 6.07) is 0. The zero-order valence-electron chi connectivity index (χ0n) is 8.71. The largest absolute Gasteiger partial charge is 0.368 e. The first-order valence-electron chi connectivity index (χ1n) is 4.92. The van der Waals surface area contributed by atoms with Gasteiger partial charge in [-0.1, -0.05) is 0 Å². The molecule has 4 N–H and O–H groups in total. The van der Waals surface area contributed by atoms with Crippen molar-refractivity contribution in [1.82, 2.24) is 24.9 Å². The van der Waals surface area contributed by atoms with E-state index in [0.717, 1.165) is 10.5 Å². The molecular weight excluding hydrogens is 238 g/mol. The van der Waals surface area contributed by atoms with Gasteiger partial charge in [0.1, 0.15) is 10.5 Å². The minimum Gasteiger partial charge on any atom is -0.368 e. The predicted molar refractivity (Wildman–Crippen MR) is 65.5 cm³/mol. The summed E-state index contributed by atoms with van der Waals surface area (Å²) in [5, 5.41) is 6.07. The number of aromatic amines is 1. The molecule has 3 rings (SSSR count). The minimum atomic E-state index is 0.200. The van der Waals surface area contributed by atoms with Gasteiger partial charge < -0.3 is 16.0 Å². The highest BCUT2D eigenvalue weighted by atomic mass is 32.1. The van der Waals surface area contributed by atoms with Gasteiger partial charge >= 0.3 is 0 Å². The lowest BCUT2D eigenvalue weighted by Gasteiger charge is -2.04. The molecule has 0 saturated heterocycles. The molecule has 0 saturated carbocycles. The highest BCUT2D eigenvalue weighted by Gasteiger charge is 2.08. The summed E-state index contributed by atoms with van der Waals surface area (Å²) < 4.78 is 0. The number of aromatic nitrogens is 5. The quantitative estimate of drug-likeness (QED) is 0.637. The van der Waals surface area contributed by atoms with Crippen molar-refractivity contribution in [3.8, 4) is 0 Å². The molecule has 0 aliphatic rings. The van der Waals surface area contributed by atoms with Gasteiger partial charge in [0.2, 0.25) is 5.95 Å². The maximum Gasteiger partial charge on any atom is 0.224 e. The summed E-state index contributed by atoms with van der Waals surface area (Å²) >= 11 is 1.58. The average molecular weight is 247 g/mol. The van der Waals surface area contributed by atoms with E-state index in [4.69, 9.17) is 5.73 Å². The number of nitrogens with two attached hydrogens (primary N) is 1. The lowest BCUT2D eigenvalue weighted by molar-refractivity contribution is 1.07. The molecule has 3 heterocycles. The molecule has 3 aromatic heterocycles. The average Bonchev–Trinajstić information content (AvgIpc) is 2.95. The predicted octanol–water partition coefficient (Wildman–Crippen LogP) is 1.00. The van der Waals surface area contributed by atoms with Gasteiger partial charge in [-0.2, -0.15) is 9.97 Å². The van der Waals surface area contributed by atoms with E-state index in [0.29, 0.717) is 18.0 Å². The number of hydrogen-bond donors (Lipinski definition) is 3. The zero-order chi connectivity index (χ0) is 11.7. The van der Waals surface area contributed by atoms with Crippen molar-refractivity contribution in [3.05, 3.63) is 22.9 Å². The van der Waals surface area contributed by atoms with Crippen LogP contribution in [0.15, 0.2) is 17.9 Å². The number of fused-ring (bicyclic) bond motifs is 1. The third-order valence-electron chi connectivity index (χ3n) is 2.19. The van der Waals surface area contributed by atoms with Gasteiger partial charge in [-0.3, -0.25) is 0 Å². The third kappa shape index (κ3) is 1.89. The Labute approximate surface area is 100 Å². The highest BCUT2D eigenvalue weighted by molar-refractivity contribution is 7.09.